The number of Topliss-reactive ketones (excluding diaryl/α,β-unsaturated/α-hetero) is 1. The molecule has 2 N–H and O–H groups in total. The van der Waals surface area contributed by atoms with Crippen LogP contribution in [-0.4, -0.2) is 28.2 Å². The fourth-order valence-corrected chi connectivity index (χ4v) is 3.90. The number of benzene rings is 3. The Morgan fingerprint density at radius 3 is 2.36 bits per heavy atom. The number of methoxy groups -OCH3 is 1. The molecule has 0 radical (unpaired) electrons. The van der Waals surface area contributed by atoms with Crippen LogP contribution in [0.15, 0.2) is 84.9 Å². The second kappa shape index (κ2) is 10.5. The molecule has 0 saturated heterocycles. The molecule has 0 spiro atoms. The molecule has 0 aliphatic heterocycles. The first-order valence-electron chi connectivity index (χ1n) is 10.5. The molecule has 4 rings (SSSR count). The van der Waals surface area contributed by atoms with Gasteiger partial charge >= 0.3 is 0 Å². The molecule has 166 valence electrons. The van der Waals surface area contributed by atoms with Gasteiger partial charge in [-0.05, 0) is 47.0 Å². The SMILES string of the molecule is COc1ccc(-c2cc(-c3ccccc3)[nH]c2C(=O)Nc2cccc(CC(=O)CI)c2)cc1. The minimum absolute atomic E-state index is 0.151. The second-order valence-corrected chi connectivity index (χ2v) is 8.33. The highest BCUT2D eigenvalue weighted by Gasteiger charge is 2.18. The largest absolute Gasteiger partial charge is 0.497 e. The van der Waals surface area contributed by atoms with Crippen LogP contribution >= 0.6 is 22.6 Å². The number of carbonyl (C=O) groups excluding carboxylic acids is 2. The average molecular weight is 550 g/mol. The zero-order chi connectivity index (χ0) is 23.2. The van der Waals surface area contributed by atoms with E-state index in [1.54, 1.807) is 7.11 Å². The third-order valence-electron chi connectivity index (χ3n) is 5.27. The van der Waals surface area contributed by atoms with Gasteiger partial charge in [0.1, 0.15) is 17.2 Å². The topological polar surface area (TPSA) is 71.2 Å². The van der Waals surface area contributed by atoms with Gasteiger partial charge in [-0.1, -0.05) is 77.2 Å². The fourth-order valence-electron chi connectivity index (χ4n) is 3.63. The Labute approximate surface area is 206 Å². The van der Waals surface area contributed by atoms with E-state index in [9.17, 15) is 9.59 Å². The van der Waals surface area contributed by atoms with Crippen molar-refractivity contribution in [2.75, 3.05) is 16.9 Å². The number of ether oxygens (including phenoxy) is 1. The van der Waals surface area contributed by atoms with E-state index >= 15 is 0 Å². The van der Waals surface area contributed by atoms with Gasteiger partial charge < -0.3 is 15.0 Å². The van der Waals surface area contributed by atoms with E-state index in [2.05, 4.69) is 32.9 Å². The van der Waals surface area contributed by atoms with Crippen molar-refractivity contribution in [3.63, 3.8) is 0 Å². The lowest BCUT2D eigenvalue weighted by molar-refractivity contribution is -0.115. The molecule has 3 aromatic carbocycles. The zero-order valence-electron chi connectivity index (χ0n) is 18.1. The number of anilines is 1. The Kier molecular flexibility index (Phi) is 7.24. The van der Waals surface area contributed by atoms with Crippen molar-refractivity contribution in [1.82, 2.24) is 4.98 Å². The van der Waals surface area contributed by atoms with E-state index in [0.717, 1.165) is 33.7 Å². The van der Waals surface area contributed by atoms with E-state index in [1.807, 2.05) is 84.9 Å². The highest BCUT2D eigenvalue weighted by Crippen LogP contribution is 2.31. The van der Waals surface area contributed by atoms with E-state index in [1.165, 1.54) is 0 Å². The molecule has 1 aromatic heterocycles. The minimum Gasteiger partial charge on any atom is -0.497 e. The van der Waals surface area contributed by atoms with Crippen LogP contribution in [0.5, 0.6) is 5.75 Å². The highest BCUT2D eigenvalue weighted by atomic mass is 127. The van der Waals surface area contributed by atoms with Crippen molar-refractivity contribution in [2.24, 2.45) is 0 Å². The van der Waals surface area contributed by atoms with Crippen molar-refractivity contribution >= 4 is 40.0 Å². The third kappa shape index (κ3) is 5.51. The smallest absolute Gasteiger partial charge is 0.272 e. The number of H-pyrrole nitrogens is 1. The normalized spacial score (nSPS) is 10.6. The van der Waals surface area contributed by atoms with Gasteiger partial charge in [-0.3, -0.25) is 9.59 Å². The van der Waals surface area contributed by atoms with Crippen LogP contribution in [0.1, 0.15) is 16.1 Å². The van der Waals surface area contributed by atoms with Crippen LogP contribution in [0.25, 0.3) is 22.4 Å². The Balaban J connectivity index is 1.68. The van der Waals surface area contributed by atoms with Crippen LogP contribution in [0.3, 0.4) is 0 Å². The standard InChI is InChI=1S/C27H23IN2O3/c1-33-23-12-10-19(11-13-23)24-16-25(20-7-3-2-4-8-20)30-26(24)27(32)29-21-9-5-6-18(14-21)15-22(31)17-28/h2-14,16,30H,15,17H2,1H3,(H,29,32). The number of aromatic amines is 1. The number of aromatic nitrogens is 1. The molecule has 0 atom stereocenters. The molecule has 1 amide bonds. The van der Waals surface area contributed by atoms with Crippen LogP contribution in [-0.2, 0) is 11.2 Å². The summed E-state index contributed by atoms with van der Waals surface area (Å²) in [5, 5.41) is 2.98. The minimum atomic E-state index is -0.250. The Hall–Kier alpha value is -3.39. The molecule has 0 fully saturated rings. The molecular formula is C27H23IN2O3. The van der Waals surface area contributed by atoms with Crippen molar-refractivity contribution < 1.29 is 14.3 Å². The molecule has 4 aromatic rings. The summed E-state index contributed by atoms with van der Waals surface area (Å²) in [5.74, 6) is 0.652. The lowest BCUT2D eigenvalue weighted by Crippen LogP contribution is -2.14. The number of hydrogen-bond donors (Lipinski definition) is 2. The van der Waals surface area contributed by atoms with Crippen LogP contribution in [0.4, 0.5) is 5.69 Å². The number of hydrogen-bond acceptors (Lipinski definition) is 3. The van der Waals surface area contributed by atoms with Crippen LogP contribution in [0.2, 0.25) is 0 Å². The van der Waals surface area contributed by atoms with Crippen LogP contribution < -0.4 is 10.1 Å². The van der Waals surface area contributed by atoms with Crippen molar-refractivity contribution in [3.05, 3.63) is 96.2 Å². The van der Waals surface area contributed by atoms with Gasteiger partial charge in [-0.2, -0.15) is 0 Å². The number of halogens is 1. The number of amides is 1. The molecule has 5 nitrogen and oxygen atoms in total. The maximum atomic E-state index is 13.3. The first-order chi connectivity index (χ1) is 16.1. The van der Waals surface area contributed by atoms with Gasteiger partial charge in [0.25, 0.3) is 5.91 Å². The quantitative estimate of drug-likeness (QED) is 0.204. The summed E-state index contributed by atoms with van der Waals surface area (Å²) >= 11 is 2.07. The monoisotopic (exact) mass is 550 g/mol. The summed E-state index contributed by atoms with van der Waals surface area (Å²) in [6, 6.07) is 26.9. The number of nitrogens with one attached hydrogen (secondary N) is 2. The Morgan fingerprint density at radius 2 is 1.67 bits per heavy atom. The predicted molar refractivity (Wildman–Crippen MR) is 140 cm³/mol. The van der Waals surface area contributed by atoms with E-state index in [4.69, 9.17) is 4.74 Å². The summed E-state index contributed by atoms with van der Waals surface area (Å²) in [7, 11) is 1.62. The summed E-state index contributed by atoms with van der Waals surface area (Å²) in [6.45, 7) is 0. The van der Waals surface area contributed by atoms with Gasteiger partial charge in [-0.15, -0.1) is 0 Å². The van der Waals surface area contributed by atoms with Crippen LogP contribution in [0, 0.1) is 0 Å². The van der Waals surface area contributed by atoms with Gasteiger partial charge in [0.2, 0.25) is 0 Å². The maximum Gasteiger partial charge on any atom is 0.272 e. The second-order valence-electron chi connectivity index (χ2n) is 7.57. The Bertz CT molecular complexity index is 1260. The number of ketones is 1. The van der Waals surface area contributed by atoms with E-state index in [-0.39, 0.29) is 11.7 Å². The molecule has 6 heteroatoms. The molecule has 0 bridgehead atoms. The summed E-state index contributed by atoms with van der Waals surface area (Å²) < 4.78 is 5.73. The summed E-state index contributed by atoms with van der Waals surface area (Å²) in [4.78, 5) is 28.4. The number of rotatable bonds is 8. The first kappa shape index (κ1) is 22.8. The molecule has 1 heterocycles. The van der Waals surface area contributed by atoms with Gasteiger partial charge in [0.15, 0.2) is 0 Å². The van der Waals surface area contributed by atoms with Crippen molar-refractivity contribution in [3.8, 4) is 28.1 Å². The fraction of sp³-hybridized carbons (Fsp3) is 0.111. The lowest BCUT2D eigenvalue weighted by atomic mass is 10.0. The van der Waals surface area contributed by atoms with Gasteiger partial charge in [0.05, 0.1) is 11.5 Å². The Morgan fingerprint density at radius 1 is 0.909 bits per heavy atom. The lowest BCUT2D eigenvalue weighted by Gasteiger charge is -2.09. The molecule has 33 heavy (non-hydrogen) atoms. The summed E-state index contributed by atoms with van der Waals surface area (Å²) in [5.41, 5.74) is 5.54. The number of carbonyl (C=O) groups is 2. The average Bonchev–Trinajstić information content (AvgIpc) is 3.30. The molecular weight excluding hydrogens is 527 g/mol. The zero-order valence-corrected chi connectivity index (χ0v) is 20.3. The highest BCUT2D eigenvalue weighted by molar-refractivity contribution is 14.1. The van der Waals surface area contributed by atoms with E-state index < -0.39 is 0 Å². The summed E-state index contributed by atoms with van der Waals surface area (Å²) in [6.07, 6.45) is 0.352. The van der Waals surface area contributed by atoms with Gasteiger partial charge in [-0.25, -0.2) is 0 Å². The van der Waals surface area contributed by atoms with Gasteiger partial charge in [0, 0.05) is 23.4 Å². The molecule has 0 aliphatic carbocycles. The van der Waals surface area contributed by atoms with Crippen molar-refractivity contribution in [1.29, 1.82) is 0 Å². The first-order valence-corrected chi connectivity index (χ1v) is 12.0. The predicted octanol–water partition coefficient (Wildman–Crippen LogP) is 6.16. The number of alkyl halides is 1. The van der Waals surface area contributed by atoms with E-state index in [0.29, 0.717) is 22.2 Å². The van der Waals surface area contributed by atoms with Crippen molar-refractivity contribution in [2.45, 2.75) is 6.42 Å². The molecule has 0 saturated carbocycles. The molecule has 0 unspecified atom stereocenters. The molecule has 0 aliphatic rings. The maximum absolute atomic E-state index is 13.3. The third-order valence-corrected chi connectivity index (χ3v) is 6.12.